The molecule has 6 heteroatoms. The third-order valence-corrected chi connectivity index (χ3v) is 4.19. The maximum atomic E-state index is 14.4. The molecule has 3 rings (SSSR count). The largest absolute Gasteiger partial charge is 0.462 e. The van der Waals surface area contributed by atoms with Gasteiger partial charge in [-0.05, 0) is 36.8 Å². The van der Waals surface area contributed by atoms with Gasteiger partial charge in [-0.3, -0.25) is 0 Å². The van der Waals surface area contributed by atoms with E-state index in [1.807, 2.05) is 24.3 Å². The lowest BCUT2D eigenvalue weighted by molar-refractivity contribution is 0.0527. The smallest absolute Gasteiger partial charge is 0.340 e. The Bertz CT molecular complexity index is 756. The van der Waals surface area contributed by atoms with Crippen LogP contribution in [-0.4, -0.2) is 38.9 Å². The number of nitrogen functional groups attached to an aromatic ring is 1. The van der Waals surface area contributed by atoms with Gasteiger partial charge in [0.1, 0.15) is 5.82 Å². The van der Waals surface area contributed by atoms with Crippen molar-refractivity contribution in [3.63, 3.8) is 0 Å². The third kappa shape index (κ3) is 3.74. The van der Waals surface area contributed by atoms with Gasteiger partial charge in [0.25, 0.3) is 0 Å². The Hall–Kier alpha value is -2.60. The zero-order valence-electron chi connectivity index (χ0n) is 14.1. The molecule has 0 aromatic heterocycles. The minimum atomic E-state index is -0.550. The Labute approximate surface area is 146 Å². The van der Waals surface area contributed by atoms with Gasteiger partial charge in [0.2, 0.25) is 0 Å². The summed E-state index contributed by atoms with van der Waals surface area (Å²) in [7, 11) is 0. The summed E-state index contributed by atoms with van der Waals surface area (Å²) in [6.45, 7) is 5.03. The van der Waals surface area contributed by atoms with Crippen molar-refractivity contribution in [2.45, 2.75) is 6.92 Å². The molecule has 1 fully saturated rings. The van der Waals surface area contributed by atoms with Crippen molar-refractivity contribution in [2.24, 2.45) is 0 Å². The molecule has 1 saturated heterocycles. The Morgan fingerprint density at radius 2 is 1.92 bits per heavy atom. The van der Waals surface area contributed by atoms with Crippen LogP contribution < -0.4 is 10.6 Å². The highest BCUT2D eigenvalue weighted by atomic mass is 19.1. The second kappa shape index (κ2) is 7.53. The lowest BCUT2D eigenvalue weighted by Gasteiger charge is -2.29. The average molecular weight is 344 g/mol. The first-order valence-corrected chi connectivity index (χ1v) is 8.29. The summed E-state index contributed by atoms with van der Waals surface area (Å²) < 4.78 is 24.7. The Kier molecular flexibility index (Phi) is 5.19. The monoisotopic (exact) mass is 344 g/mol. The number of esters is 1. The summed E-state index contributed by atoms with van der Waals surface area (Å²) in [5.41, 5.74) is 8.08. The second-order valence-corrected chi connectivity index (χ2v) is 5.79. The van der Waals surface area contributed by atoms with Gasteiger partial charge in [0.05, 0.1) is 25.4 Å². The van der Waals surface area contributed by atoms with Crippen molar-refractivity contribution in [1.82, 2.24) is 0 Å². The molecular formula is C19H21FN2O3. The molecule has 0 saturated carbocycles. The zero-order valence-corrected chi connectivity index (χ0v) is 14.1. The SMILES string of the molecule is CCOC(=O)c1cc(-c2ccc(N3CCOCC3)cc2)c(F)cc1N. The molecule has 5 nitrogen and oxygen atoms in total. The Morgan fingerprint density at radius 3 is 2.56 bits per heavy atom. The molecule has 2 aromatic rings. The Morgan fingerprint density at radius 1 is 1.24 bits per heavy atom. The predicted molar refractivity (Wildman–Crippen MR) is 95.2 cm³/mol. The van der Waals surface area contributed by atoms with E-state index >= 15 is 0 Å². The lowest BCUT2D eigenvalue weighted by Crippen LogP contribution is -2.36. The summed E-state index contributed by atoms with van der Waals surface area (Å²) >= 11 is 0. The number of rotatable bonds is 4. The van der Waals surface area contributed by atoms with Gasteiger partial charge in [0, 0.05) is 30.0 Å². The van der Waals surface area contributed by atoms with Crippen molar-refractivity contribution in [2.75, 3.05) is 43.5 Å². The van der Waals surface area contributed by atoms with E-state index in [4.69, 9.17) is 15.2 Å². The van der Waals surface area contributed by atoms with E-state index in [9.17, 15) is 9.18 Å². The molecule has 1 aliphatic heterocycles. The number of benzene rings is 2. The Balaban J connectivity index is 1.90. The number of nitrogens with two attached hydrogens (primary N) is 1. The molecule has 0 radical (unpaired) electrons. The van der Waals surface area contributed by atoms with E-state index in [2.05, 4.69) is 4.90 Å². The molecule has 0 unspecified atom stereocenters. The molecule has 132 valence electrons. The van der Waals surface area contributed by atoms with Crippen LogP contribution in [0.2, 0.25) is 0 Å². The molecular weight excluding hydrogens is 323 g/mol. The lowest BCUT2D eigenvalue weighted by atomic mass is 10.0. The van der Waals surface area contributed by atoms with E-state index in [1.165, 1.54) is 6.07 Å². The van der Waals surface area contributed by atoms with Crippen molar-refractivity contribution in [1.29, 1.82) is 0 Å². The highest BCUT2D eigenvalue weighted by Crippen LogP contribution is 2.29. The number of hydrogen-bond acceptors (Lipinski definition) is 5. The van der Waals surface area contributed by atoms with Crippen LogP contribution in [0, 0.1) is 5.82 Å². The highest BCUT2D eigenvalue weighted by molar-refractivity contribution is 5.96. The summed E-state index contributed by atoms with van der Waals surface area (Å²) in [4.78, 5) is 14.2. The number of morpholine rings is 1. The van der Waals surface area contributed by atoms with Gasteiger partial charge < -0.3 is 20.1 Å². The van der Waals surface area contributed by atoms with Crippen LogP contribution in [0.1, 0.15) is 17.3 Å². The second-order valence-electron chi connectivity index (χ2n) is 5.79. The number of nitrogens with zero attached hydrogens (tertiary/aromatic N) is 1. The van der Waals surface area contributed by atoms with E-state index in [1.54, 1.807) is 6.92 Å². The van der Waals surface area contributed by atoms with Crippen LogP contribution in [-0.2, 0) is 9.47 Å². The van der Waals surface area contributed by atoms with Gasteiger partial charge in [0.15, 0.2) is 0 Å². The fourth-order valence-corrected chi connectivity index (χ4v) is 2.87. The summed E-state index contributed by atoms with van der Waals surface area (Å²) in [5, 5.41) is 0. The zero-order chi connectivity index (χ0) is 17.8. The number of carbonyl (C=O) groups excluding carboxylic acids is 1. The highest BCUT2D eigenvalue weighted by Gasteiger charge is 2.17. The van der Waals surface area contributed by atoms with E-state index in [0.717, 1.165) is 24.8 Å². The fourth-order valence-electron chi connectivity index (χ4n) is 2.87. The van der Waals surface area contributed by atoms with Crippen molar-refractivity contribution in [3.8, 4) is 11.1 Å². The number of halogens is 1. The van der Waals surface area contributed by atoms with Crippen LogP contribution in [0.5, 0.6) is 0 Å². The first-order valence-electron chi connectivity index (χ1n) is 8.29. The minimum Gasteiger partial charge on any atom is -0.462 e. The molecule has 2 N–H and O–H groups in total. The molecule has 1 aliphatic rings. The molecule has 2 aromatic carbocycles. The topological polar surface area (TPSA) is 64.8 Å². The van der Waals surface area contributed by atoms with Crippen LogP contribution in [0.15, 0.2) is 36.4 Å². The summed E-state index contributed by atoms with van der Waals surface area (Å²) in [6, 6.07) is 10.2. The molecule has 1 heterocycles. The van der Waals surface area contributed by atoms with Crippen molar-refractivity contribution < 1.29 is 18.7 Å². The first-order chi connectivity index (χ1) is 12.1. The van der Waals surface area contributed by atoms with Crippen LogP contribution in [0.4, 0.5) is 15.8 Å². The van der Waals surface area contributed by atoms with E-state index < -0.39 is 11.8 Å². The van der Waals surface area contributed by atoms with Crippen LogP contribution >= 0.6 is 0 Å². The third-order valence-electron chi connectivity index (χ3n) is 4.19. The molecule has 0 aliphatic carbocycles. The van der Waals surface area contributed by atoms with Crippen molar-refractivity contribution in [3.05, 3.63) is 47.8 Å². The molecule has 0 bridgehead atoms. The van der Waals surface area contributed by atoms with Gasteiger partial charge in [-0.1, -0.05) is 12.1 Å². The predicted octanol–water partition coefficient (Wildman–Crippen LogP) is 3.09. The number of ether oxygens (including phenoxy) is 2. The van der Waals surface area contributed by atoms with E-state index in [0.29, 0.717) is 24.3 Å². The molecule has 0 spiro atoms. The van der Waals surface area contributed by atoms with Gasteiger partial charge in [-0.25, -0.2) is 9.18 Å². The first kappa shape index (κ1) is 17.2. The maximum Gasteiger partial charge on any atom is 0.340 e. The summed E-state index contributed by atoms with van der Waals surface area (Å²) in [6.07, 6.45) is 0. The van der Waals surface area contributed by atoms with Gasteiger partial charge in [-0.15, -0.1) is 0 Å². The number of hydrogen-bond donors (Lipinski definition) is 1. The number of anilines is 2. The minimum absolute atomic E-state index is 0.0737. The quantitative estimate of drug-likeness (QED) is 0.682. The molecule has 25 heavy (non-hydrogen) atoms. The van der Waals surface area contributed by atoms with Crippen molar-refractivity contribution >= 4 is 17.3 Å². The van der Waals surface area contributed by atoms with Crippen LogP contribution in [0.25, 0.3) is 11.1 Å². The van der Waals surface area contributed by atoms with Crippen LogP contribution in [0.3, 0.4) is 0 Å². The van der Waals surface area contributed by atoms with E-state index in [-0.39, 0.29) is 17.9 Å². The summed E-state index contributed by atoms with van der Waals surface area (Å²) in [5.74, 6) is -1.02. The fraction of sp³-hybridized carbons (Fsp3) is 0.316. The van der Waals surface area contributed by atoms with Gasteiger partial charge in [-0.2, -0.15) is 0 Å². The molecule has 0 amide bonds. The number of carbonyl (C=O) groups is 1. The normalized spacial score (nSPS) is 14.4. The molecule has 0 atom stereocenters. The standard InChI is InChI=1S/C19H21FN2O3/c1-2-25-19(23)16-11-15(17(20)12-18(16)21)13-3-5-14(6-4-13)22-7-9-24-10-8-22/h3-6,11-12H,2,7-10,21H2,1H3. The average Bonchev–Trinajstić information content (AvgIpc) is 2.63. The van der Waals surface area contributed by atoms with Gasteiger partial charge >= 0.3 is 5.97 Å². The maximum absolute atomic E-state index is 14.4.